The van der Waals surface area contributed by atoms with Gasteiger partial charge in [-0.05, 0) is 12.5 Å². The van der Waals surface area contributed by atoms with Crippen molar-refractivity contribution >= 4 is 11.7 Å². The fraction of sp³-hybridized carbons (Fsp3) is 0.261. The molecule has 0 spiro atoms. The van der Waals surface area contributed by atoms with Crippen LogP contribution < -0.4 is 4.90 Å². The van der Waals surface area contributed by atoms with Crippen LogP contribution >= 0.6 is 0 Å². The molecule has 0 N–H and O–H groups in total. The number of aromatic nitrogens is 2. The first-order valence-corrected chi connectivity index (χ1v) is 9.67. The summed E-state index contributed by atoms with van der Waals surface area (Å²) in [6.07, 6.45) is 0.464. The summed E-state index contributed by atoms with van der Waals surface area (Å²) in [6, 6.07) is 22.1. The van der Waals surface area contributed by atoms with Gasteiger partial charge in [0.2, 0.25) is 5.91 Å². The second-order valence-electron chi connectivity index (χ2n) is 7.05. The van der Waals surface area contributed by atoms with Crippen LogP contribution in [-0.4, -0.2) is 47.0 Å². The molecule has 5 nitrogen and oxygen atoms in total. The predicted molar refractivity (Wildman–Crippen MR) is 111 cm³/mol. The van der Waals surface area contributed by atoms with Gasteiger partial charge >= 0.3 is 0 Å². The molecule has 3 aromatic rings. The number of hydrogen-bond acceptors (Lipinski definition) is 4. The second kappa shape index (κ2) is 8.21. The molecule has 1 saturated heterocycles. The number of benzene rings is 2. The van der Waals surface area contributed by atoms with Crippen molar-refractivity contribution in [2.45, 2.75) is 13.3 Å². The lowest BCUT2D eigenvalue weighted by molar-refractivity contribution is -0.130. The van der Waals surface area contributed by atoms with Gasteiger partial charge in [0.05, 0.1) is 12.1 Å². The first-order chi connectivity index (χ1) is 13.7. The fourth-order valence-electron chi connectivity index (χ4n) is 3.54. The molecule has 0 radical (unpaired) electrons. The molecule has 0 unspecified atom stereocenters. The monoisotopic (exact) mass is 372 g/mol. The highest BCUT2D eigenvalue weighted by Gasteiger charge is 2.22. The van der Waals surface area contributed by atoms with Crippen molar-refractivity contribution in [2.24, 2.45) is 0 Å². The molecule has 1 fully saturated rings. The van der Waals surface area contributed by atoms with Crippen molar-refractivity contribution in [3.05, 3.63) is 78.1 Å². The van der Waals surface area contributed by atoms with E-state index in [4.69, 9.17) is 0 Å². The highest BCUT2D eigenvalue weighted by atomic mass is 16.2. The molecule has 1 aliphatic rings. The molecule has 1 amide bonds. The molecule has 5 heteroatoms. The molecular formula is C23H24N4O. The summed E-state index contributed by atoms with van der Waals surface area (Å²) in [4.78, 5) is 26.0. The van der Waals surface area contributed by atoms with E-state index in [-0.39, 0.29) is 5.91 Å². The van der Waals surface area contributed by atoms with Gasteiger partial charge in [0, 0.05) is 37.8 Å². The minimum Gasteiger partial charge on any atom is -0.353 e. The number of amides is 1. The first-order valence-electron chi connectivity index (χ1n) is 9.67. The third-order valence-electron chi connectivity index (χ3n) is 5.05. The maximum atomic E-state index is 12.6. The molecule has 28 heavy (non-hydrogen) atoms. The normalized spacial score (nSPS) is 14.2. The Morgan fingerprint density at radius 1 is 0.893 bits per heavy atom. The van der Waals surface area contributed by atoms with Gasteiger partial charge < -0.3 is 9.80 Å². The number of anilines is 1. The number of aryl methyl sites for hydroxylation is 1. The highest BCUT2D eigenvalue weighted by Crippen LogP contribution is 2.22. The summed E-state index contributed by atoms with van der Waals surface area (Å²) < 4.78 is 0. The maximum absolute atomic E-state index is 12.6. The molecule has 0 atom stereocenters. The highest BCUT2D eigenvalue weighted by molar-refractivity contribution is 5.79. The Morgan fingerprint density at radius 2 is 1.54 bits per heavy atom. The van der Waals surface area contributed by atoms with Gasteiger partial charge in [-0.3, -0.25) is 4.79 Å². The van der Waals surface area contributed by atoms with Crippen LogP contribution in [0.25, 0.3) is 11.3 Å². The van der Waals surface area contributed by atoms with E-state index >= 15 is 0 Å². The van der Waals surface area contributed by atoms with E-state index in [0.717, 1.165) is 54.6 Å². The van der Waals surface area contributed by atoms with Crippen LogP contribution in [-0.2, 0) is 11.2 Å². The number of piperazine rings is 1. The van der Waals surface area contributed by atoms with Crippen molar-refractivity contribution in [2.75, 3.05) is 31.1 Å². The summed E-state index contributed by atoms with van der Waals surface area (Å²) in [5, 5.41) is 0. The van der Waals surface area contributed by atoms with Gasteiger partial charge in [0.1, 0.15) is 11.6 Å². The van der Waals surface area contributed by atoms with Gasteiger partial charge in [-0.25, -0.2) is 9.97 Å². The Bertz CT molecular complexity index is 935. The van der Waals surface area contributed by atoms with E-state index in [9.17, 15) is 4.79 Å². The lowest BCUT2D eigenvalue weighted by Crippen LogP contribution is -2.49. The van der Waals surface area contributed by atoms with Crippen molar-refractivity contribution in [1.29, 1.82) is 0 Å². The predicted octanol–water partition coefficient (Wildman–Crippen LogP) is 3.34. The minimum absolute atomic E-state index is 0.190. The summed E-state index contributed by atoms with van der Waals surface area (Å²) in [6.45, 7) is 4.93. The number of rotatable bonds is 4. The zero-order valence-electron chi connectivity index (χ0n) is 16.1. The van der Waals surface area contributed by atoms with Crippen LogP contribution in [0.5, 0.6) is 0 Å². The minimum atomic E-state index is 0.190. The number of nitrogens with zero attached hydrogens (tertiary/aromatic N) is 4. The number of hydrogen-bond donors (Lipinski definition) is 0. The van der Waals surface area contributed by atoms with Crippen molar-refractivity contribution in [3.8, 4) is 11.3 Å². The molecule has 1 aromatic heterocycles. The van der Waals surface area contributed by atoms with Gasteiger partial charge in [-0.1, -0.05) is 60.7 Å². The molecule has 2 heterocycles. The molecule has 1 aliphatic heterocycles. The van der Waals surface area contributed by atoms with Crippen molar-refractivity contribution in [1.82, 2.24) is 14.9 Å². The lowest BCUT2D eigenvalue weighted by Gasteiger charge is -2.35. The largest absolute Gasteiger partial charge is 0.353 e. The standard InChI is InChI=1S/C23H24N4O/c1-18-24-21(20-10-6-3-7-11-20)17-22(25-18)26-12-14-27(15-13-26)23(28)16-19-8-4-2-5-9-19/h2-11,17H,12-16H2,1H3. The first kappa shape index (κ1) is 18.2. The van der Waals surface area contributed by atoms with Gasteiger partial charge in [0.25, 0.3) is 0 Å². The smallest absolute Gasteiger partial charge is 0.227 e. The lowest BCUT2D eigenvalue weighted by atomic mass is 10.1. The van der Waals surface area contributed by atoms with E-state index in [1.807, 2.05) is 66.4 Å². The Balaban J connectivity index is 1.42. The number of carbonyl (C=O) groups excluding carboxylic acids is 1. The zero-order chi connectivity index (χ0) is 19.3. The van der Waals surface area contributed by atoms with E-state index in [2.05, 4.69) is 27.0 Å². The average Bonchev–Trinajstić information content (AvgIpc) is 2.75. The third-order valence-corrected chi connectivity index (χ3v) is 5.05. The van der Waals surface area contributed by atoms with Gasteiger partial charge in [-0.15, -0.1) is 0 Å². The second-order valence-corrected chi connectivity index (χ2v) is 7.05. The average molecular weight is 372 g/mol. The Labute approximate surface area is 165 Å². The Hall–Kier alpha value is -3.21. The molecule has 0 saturated carbocycles. The van der Waals surface area contributed by atoms with E-state index in [1.165, 1.54) is 0 Å². The van der Waals surface area contributed by atoms with Crippen LogP contribution in [0.4, 0.5) is 5.82 Å². The van der Waals surface area contributed by atoms with Crippen LogP contribution in [0, 0.1) is 6.92 Å². The molecular weight excluding hydrogens is 348 g/mol. The van der Waals surface area contributed by atoms with Gasteiger partial charge in [0.15, 0.2) is 0 Å². The van der Waals surface area contributed by atoms with Crippen LogP contribution in [0.3, 0.4) is 0 Å². The third kappa shape index (κ3) is 4.19. The quantitative estimate of drug-likeness (QED) is 0.705. The van der Waals surface area contributed by atoms with Crippen LogP contribution in [0.2, 0.25) is 0 Å². The summed E-state index contributed by atoms with van der Waals surface area (Å²) >= 11 is 0. The SMILES string of the molecule is Cc1nc(-c2ccccc2)cc(N2CCN(C(=O)Cc3ccccc3)CC2)n1. The van der Waals surface area contributed by atoms with Crippen molar-refractivity contribution < 1.29 is 4.79 Å². The molecule has 2 aromatic carbocycles. The Morgan fingerprint density at radius 3 is 2.21 bits per heavy atom. The van der Waals surface area contributed by atoms with Crippen LogP contribution in [0.15, 0.2) is 66.7 Å². The summed E-state index contributed by atoms with van der Waals surface area (Å²) in [7, 11) is 0. The fourth-order valence-corrected chi connectivity index (χ4v) is 3.54. The van der Waals surface area contributed by atoms with E-state index < -0.39 is 0 Å². The topological polar surface area (TPSA) is 49.3 Å². The van der Waals surface area contributed by atoms with Crippen LogP contribution in [0.1, 0.15) is 11.4 Å². The van der Waals surface area contributed by atoms with Crippen molar-refractivity contribution in [3.63, 3.8) is 0 Å². The number of carbonyl (C=O) groups is 1. The Kier molecular flexibility index (Phi) is 5.33. The zero-order valence-corrected chi connectivity index (χ0v) is 16.1. The molecule has 0 bridgehead atoms. The molecule has 4 rings (SSSR count). The van der Waals surface area contributed by atoms with Gasteiger partial charge in [-0.2, -0.15) is 0 Å². The summed E-state index contributed by atoms with van der Waals surface area (Å²) in [5.74, 6) is 1.88. The van der Waals surface area contributed by atoms with E-state index in [1.54, 1.807) is 0 Å². The molecule has 0 aliphatic carbocycles. The maximum Gasteiger partial charge on any atom is 0.227 e. The summed E-state index contributed by atoms with van der Waals surface area (Å²) in [5.41, 5.74) is 3.09. The molecule has 142 valence electrons. The van der Waals surface area contributed by atoms with E-state index in [0.29, 0.717) is 6.42 Å².